The Hall–Kier alpha value is -2.34. The average molecular weight is 425 g/mol. The highest BCUT2D eigenvalue weighted by Gasteiger charge is 2.30. The van der Waals surface area contributed by atoms with Crippen molar-refractivity contribution in [3.63, 3.8) is 0 Å². The fourth-order valence-corrected chi connectivity index (χ4v) is 5.31. The molecule has 1 atom stereocenters. The van der Waals surface area contributed by atoms with Crippen molar-refractivity contribution >= 4 is 5.91 Å². The summed E-state index contributed by atoms with van der Waals surface area (Å²) in [5.41, 5.74) is 4.24. The van der Waals surface area contributed by atoms with E-state index in [1.54, 1.807) is 13.3 Å². The molecule has 0 bridgehead atoms. The van der Waals surface area contributed by atoms with Crippen LogP contribution >= 0.6 is 0 Å². The van der Waals surface area contributed by atoms with Gasteiger partial charge in [0.15, 0.2) is 0 Å². The number of aryl methyl sites for hydroxylation is 1. The summed E-state index contributed by atoms with van der Waals surface area (Å²) in [6.45, 7) is 4.97. The van der Waals surface area contributed by atoms with E-state index in [9.17, 15) is 4.79 Å². The van der Waals surface area contributed by atoms with Crippen LogP contribution in [0.4, 0.5) is 0 Å². The average Bonchev–Trinajstić information content (AvgIpc) is 3.29. The number of methoxy groups -OCH3 is 1. The normalized spacial score (nSPS) is 20.5. The molecule has 1 saturated carbocycles. The number of piperidine rings is 1. The van der Waals surface area contributed by atoms with E-state index in [1.165, 1.54) is 30.4 Å². The molecule has 1 aliphatic carbocycles. The van der Waals surface area contributed by atoms with Crippen molar-refractivity contribution in [3.8, 4) is 5.75 Å². The lowest BCUT2D eigenvalue weighted by Gasteiger charge is -2.34. The van der Waals surface area contributed by atoms with Crippen LogP contribution in [0.25, 0.3) is 0 Å². The molecule has 1 aliphatic heterocycles. The maximum absolute atomic E-state index is 13.3. The molecule has 6 heteroatoms. The minimum absolute atomic E-state index is 0.119. The standard InChI is InChI=1S/C25H36N4O2/c1-18-11-12-23(31-3)20(14-18)17-29-13-7-8-19(16-29)24-22(15-26-27-24)25(30)28(2)21-9-5-4-6-10-21/h11-12,14-15,19,21H,4-10,13,16-17H2,1-3H3,(H,26,27)/t19-/m1/s1. The Morgan fingerprint density at radius 2 is 2.03 bits per heavy atom. The summed E-state index contributed by atoms with van der Waals surface area (Å²) in [5, 5.41) is 7.46. The topological polar surface area (TPSA) is 61.5 Å². The number of likely N-dealkylation sites (tertiary alicyclic amines) is 1. The minimum Gasteiger partial charge on any atom is -0.496 e. The van der Waals surface area contributed by atoms with Gasteiger partial charge in [0.2, 0.25) is 0 Å². The van der Waals surface area contributed by atoms with Gasteiger partial charge in [0.05, 0.1) is 24.6 Å². The molecular formula is C25H36N4O2. The van der Waals surface area contributed by atoms with Crippen molar-refractivity contribution in [2.24, 2.45) is 0 Å². The zero-order valence-electron chi connectivity index (χ0n) is 19.2. The lowest BCUT2D eigenvalue weighted by molar-refractivity contribution is 0.0693. The van der Waals surface area contributed by atoms with Gasteiger partial charge in [-0.1, -0.05) is 37.0 Å². The Morgan fingerprint density at radius 3 is 2.81 bits per heavy atom. The highest BCUT2D eigenvalue weighted by Crippen LogP contribution is 2.31. The third-order valence-electron chi connectivity index (χ3n) is 7.09. The molecule has 168 valence electrons. The van der Waals surface area contributed by atoms with Crippen LogP contribution in [-0.2, 0) is 6.54 Å². The molecule has 6 nitrogen and oxygen atoms in total. The number of H-pyrrole nitrogens is 1. The van der Waals surface area contributed by atoms with E-state index in [0.29, 0.717) is 12.0 Å². The summed E-state index contributed by atoms with van der Waals surface area (Å²) in [5.74, 6) is 1.36. The van der Waals surface area contributed by atoms with E-state index >= 15 is 0 Å². The molecule has 1 saturated heterocycles. The first kappa shape index (κ1) is 21.9. The molecule has 2 fully saturated rings. The number of aromatic nitrogens is 2. The van der Waals surface area contributed by atoms with E-state index in [1.807, 2.05) is 11.9 Å². The number of carbonyl (C=O) groups is 1. The number of amides is 1. The zero-order valence-corrected chi connectivity index (χ0v) is 19.2. The number of hydrogen-bond acceptors (Lipinski definition) is 4. The number of nitrogens with one attached hydrogen (secondary N) is 1. The summed E-state index contributed by atoms with van der Waals surface area (Å²) in [4.78, 5) is 17.7. The van der Waals surface area contributed by atoms with Gasteiger partial charge in [-0.05, 0) is 45.2 Å². The van der Waals surface area contributed by atoms with E-state index in [-0.39, 0.29) is 5.91 Å². The maximum Gasteiger partial charge on any atom is 0.257 e. The van der Waals surface area contributed by atoms with Crippen LogP contribution in [0.15, 0.2) is 24.4 Å². The van der Waals surface area contributed by atoms with Gasteiger partial charge in [-0.25, -0.2) is 0 Å². The quantitative estimate of drug-likeness (QED) is 0.741. The van der Waals surface area contributed by atoms with Crippen LogP contribution in [0.1, 0.15) is 78.0 Å². The third kappa shape index (κ3) is 4.95. The van der Waals surface area contributed by atoms with Crippen molar-refractivity contribution in [2.75, 3.05) is 27.2 Å². The van der Waals surface area contributed by atoms with Crippen LogP contribution in [0.5, 0.6) is 5.75 Å². The Kier molecular flexibility index (Phi) is 6.96. The van der Waals surface area contributed by atoms with Crippen LogP contribution in [0.2, 0.25) is 0 Å². The van der Waals surface area contributed by atoms with Gasteiger partial charge in [0.25, 0.3) is 5.91 Å². The first-order valence-electron chi connectivity index (χ1n) is 11.7. The Labute approximate surface area is 186 Å². The van der Waals surface area contributed by atoms with E-state index in [2.05, 4.69) is 40.2 Å². The third-order valence-corrected chi connectivity index (χ3v) is 7.09. The molecule has 0 spiro atoms. The number of aromatic amines is 1. The van der Waals surface area contributed by atoms with Crippen LogP contribution in [-0.4, -0.2) is 59.2 Å². The Bertz CT molecular complexity index is 887. The lowest BCUT2D eigenvalue weighted by atomic mass is 9.91. The van der Waals surface area contributed by atoms with Gasteiger partial charge >= 0.3 is 0 Å². The van der Waals surface area contributed by atoms with E-state index in [0.717, 1.165) is 62.3 Å². The van der Waals surface area contributed by atoms with Gasteiger partial charge in [-0.2, -0.15) is 5.10 Å². The van der Waals surface area contributed by atoms with Crippen molar-refractivity contribution in [1.29, 1.82) is 0 Å². The molecule has 1 aromatic carbocycles. The van der Waals surface area contributed by atoms with Crippen molar-refractivity contribution < 1.29 is 9.53 Å². The smallest absolute Gasteiger partial charge is 0.257 e. The maximum atomic E-state index is 13.3. The monoisotopic (exact) mass is 424 g/mol. The second-order valence-electron chi connectivity index (χ2n) is 9.29. The molecule has 4 rings (SSSR count). The molecule has 0 radical (unpaired) electrons. The lowest BCUT2D eigenvalue weighted by Crippen LogP contribution is -2.39. The molecule has 1 amide bonds. The van der Waals surface area contributed by atoms with Gasteiger partial charge in [-0.15, -0.1) is 0 Å². The van der Waals surface area contributed by atoms with Crippen LogP contribution < -0.4 is 4.74 Å². The molecule has 1 aromatic heterocycles. The molecule has 31 heavy (non-hydrogen) atoms. The molecule has 2 aliphatic rings. The predicted molar refractivity (Wildman–Crippen MR) is 123 cm³/mol. The van der Waals surface area contributed by atoms with E-state index in [4.69, 9.17) is 4.74 Å². The summed E-state index contributed by atoms with van der Waals surface area (Å²) in [6.07, 6.45) is 9.90. The molecule has 2 heterocycles. The molecule has 0 unspecified atom stereocenters. The fourth-order valence-electron chi connectivity index (χ4n) is 5.31. The Morgan fingerprint density at radius 1 is 1.23 bits per heavy atom. The van der Waals surface area contributed by atoms with E-state index < -0.39 is 0 Å². The Balaban J connectivity index is 1.46. The first-order chi connectivity index (χ1) is 15.1. The molecule has 1 N–H and O–H groups in total. The van der Waals surface area contributed by atoms with Crippen molar-refractivity contribution in [2.45, 2.75) is 70.4 Å². The number of hydrogen-bond donors (Lipinski definition) is 1. The number of nitrogens with zero attached hydrogens (tertiary/aromatic N) is 3. The highest BCUT2D eigenvalue weighted by atomic mass is 16.5. The molecule has 2 aromatic rings. The number of carbonyl (C=O) groups excluding carboxylic acids is 1. The minimum atomic E-state index is 0.119. The summed E-state index contributed by atoms with van der Waals surface area (Å²) in [7, 11) is 3.70. The number of rotatable bonds is 6. The van der Waals surface area contributed by atoms with Crippen LogP contribution in [0, 0.1) is 6.92 Å². The summed E-state index contributed by atoms with van der Waals surface area (Å²) < 4.78 is 5.58. The summed E-state index contributed by atoms with van der Waals surface area (Å²) in [6, 6.07) is 6.72. The number of ether oxygens (including phenoxy) is 1. The zero-order chi connectivity index (χ0) is 21.8. The van der Waals surface area contributed by atoms with Crippen molar-refractivity contribution in [3.05, 3.63) is 46.8 Å². The van der Waals surface area contributed by atoms with Crippen molar-refractivity contribution in [1.82, 2.24) is 20.0 Å². The van der Waals surface area contributed by atoms with Gasteiger partial charge in [0.1, 0.15) is 5.75 Å². The van der Waals surface area contributed by atoms with Gasteiger partial charge in [-0.3, -0.25) is 14.8 Å². The second kappa shape index (κ2) is 9.86. The van der Waals surface area contributed by atoms with Gasteiger partial charge in [0, 0.05) is 37.7 Å². The highest BCUT2D eigenvalue weighted by molar-refractivity contribution is 5.95. The second-order valence-corrected chi connectivity index (χ2v) is 9.29. The predicted octanol–water partition coefficient (Wildman–Crippen LogP) is 4.51. The largest absolute Gasteiger partial charge is 0.496 e. The van der Waals surface area contributed by atoms with Gasteiger partial charge < -0.3 is 9.64 Å². The number of benzene rings is 1. The molecular weight excluding hydrogens is 388 g/mol. The fraction of sp³-hybridized carbons (Fsp3) is 0.600. The van der Waals surface area contributed by atoms with Crippen LogP contribution in [0.3, 0.4) is 0 Å². The first-order valence-corrected chi connectivity index (χ1v) is 11.7. The summed E-state index contributed by atoms with van der Waals surface area (Å²) >= 11 is 0. The SMILES string of the molecule is COc1ccc(C)cc1CN1CCC[C@@H](c2[nH]ncc2C(=O)N(C)C2CCCCC2)C1.